The number of carbonyl (C=O) groups excluding carboxylic acids is 1. The Bertz CT molecular complexity index is 787. The summed E-state index contributed by atoms with van der Waals surface area (Å²) in [5.41, 5.74) is 1.85. The molecule has 1 aliphatic heterocycles. The molecule has 1 fully saturated rings. The fourth-order valence-corrected chi connectivity index (χ4v) is 3.22. The van der Waals surface area contributed by atoms with E-state index in [0.717, 1.165) is 23.5 Å². The largest absolute Gasteiger partial charge is 0.506 e. The van der Waals surface area contributed by atoms with Gasteiger partial charge in [0.1, 0.15) is 18.1 Å². The van der Waals surface area contributed by atoms with Gasteiger partial charge in [-0.15, -0.1) is 0 Å². The number of urea groups is 1. The average molecular weight is 399 g/mol. The van der Waals surface area contributed by atoms with Crippen LogP contribution in [0.4, 0.5) is 10.5 Å². The van der Waals surface area contributed by atoms with E-state index in [1.54, 1.807) is 6.07 Å². The summed E-state index contributed by atoms with van der Waals surface area (Å²) in [7, 11) is 4.03. The first-order valence-corrected chi connectivity index (χ1v) is 9.95. The van der Waals surface area contributed by atoms with E-state index in [1.165, 1.54) is 0 Å². The molecule has 0 radical (unpaired) electrons. The van der Waals surface area contributed by atoms with Crippen molar-refractivity contribution in [3.63, 3.8) is 0 Å². The van der Waals surface area contributed by atoms with Gasteiger partial charge in [0, 0.05) is 39.3 Å². The minimum atomic E-state index is -0.0618. The summed E-state index contributed by atoms with van der Waals surface area (Å²) in [4.78, 5) is 18.5. The molecule has 0 atom stereocenters. The Kier molecular flexibility index (Phi) is 7.19. The Labute approximate surface area is 172 Å². The molecular weight excluding hydrogens is 368 g/mol. The van der Waals surface area contributed by atoms with Crippen molar-refractivity contribution in [1.82, 2.24) is 15.1 Å². The maximum Gasteiger partial charge on any atom is 0.317 e. The molecule has 2 aromatic carbocycles. The number of nitrogens with zero attached hydrogens (tertiary/aromatic N) is 3. The highest BCUT2D eigenvalue weighted by atomic mass is 16.5. The van der Waals surface area contributed by atoms with Gasteiger partial charge >= 0.3 is 6.03 Å². The Balaban J connectivity index is 1.41. The van der Waals surface area contributed by atoms with Crippen LogP contribution in [0.15, 0.2) is 48.5 Å². The lowest BCUT2D eigenvalue weighted by molar-refractivity contribution is 0.194. The molecule has 7 heteroatoms. The predicted octanol–water partition coefficient (Wildman–Crippen LogP) is 2.36. The van der Waals surface area contributed by atoms with Gasteiger partial charge in [-0.3, -0.25) is 0 Å². The van der Waals surface area contributed by atoms with Crippen LogP contribution in [0.3, 0.4) is 0 Å². The fourth-order valence-electron chi connectivity index (χ4n) is 3.22. The van der Waals surface area contributed by atoms with Gasteiger partial charge in [0.15, 0.2) is 0 Å². The molecule has 2 aromatic rings. The number of amides is 2. The van der Waals surface area contributed by atoms with Crippen LogP contribution in [0.25, 0.3) is 0 Å². The van der Waals surface area contributed by atoms with E-state index in [-0.39, 0.29) is 11.8 Å². The highest BCUT2D eigenvalue weighted by Gasteiger charge is 2.22. The molecule has 156 valence electrons. The summed E-state index contributed by atoms with van der Waals surface area (Å²) in [6.45, 7) is 4.65. The number of phenolic OH excluding ortho intramolecular Hbond substituents is 1. The van der Waals surface area contributed by atoms with Crippen molar-refractivity contribution >= 4 is 11.7 Å². The maximum atomic E-state index is 12.5. The van der Waals surface area contributed by atoms with Gasteiger partial charge in [0.05, 0.1) is 5.69 Å². The lowest BCUT2D eigenvalue weighted by Crippen LogP contribution is -2.51. The number of phenols is 1. The standard InChI is InChI=1S/C22H30N4O3/c1-24(2)15-16-29-19-9-7-18(8-10-19)17-23-22(28)26-13-11-25(12-14-26)20-5-3-4-6-21(20)27/h3-10,27H,11-17H2,1-2H3,(H,23,28). The van der Waals surface area contributed by atoms with E-state index in [2.05, 4.69) is 15.1 Å². The van der Waals surface area contributed by atoms with Crippen LogP contribution in [0.1, 0.15) is 5.56 Å². The summed E-state index contributed by atoms with van der Waals surface area (Å²) in [6.07, 6.45) is 0. The Morgan fingerprint density at radius 2 is 1.76 bits per heavy atom. The maximum absolute atomic E-state index is 12.5. The van der Waals surface area contributed by atoms with Gasteiger partial charge in [-0.2, -0.15) is 0 Å². The van der Waals surface area contributed by atoms with Gasteiger partial charge in [-0.05, 0) is 43.9 Å². The molecule has 0 unspecified atom stereocenters. The molecule has 1 saturated heterocycles. The second-order valence-corrected chi connectivity index (χ2v) is 7.42. The van der Waals surface area contributed by atoms with Gasteiger partial charge in [0.25, 0.3) is 0 Å². The first kappa shape index (κ1) is 20.8. The lowest BCUT2D eigenvalue weighted by atomic mass is 10.2. The highest BCUT2D eigenvalue weighted by Crippen LogP contribution is 2.27. The van der Waals surface area contributed by atoms with Crippen molar-refractivity contribution in [2.24, 2.45) is 0 Å². The van der Waals surface area contributed by atoms with Crippen molar-refractivity contribution in [2.75, 3.05) is 58.3 Å². The average Bonchev–Trinajstić information content (AvgIpc) is 2.73. The third-order valence-electron chi connectivity index (χ3n) is 4.96. The number of benzene rings is 2. The molecule has 0 aliphatic carbocycles. The quantitative estimate of drug-likeness (QED) is 0.750. The topological polar surface area (TPSA) is 68.3 Å². The van der Waals surface area contributed by atoms with E-state index in [9.17, 15) is 9.90 Å². The van der Waals surface area contributed by atoms with Crippen molar-refractivity contribution < 1.29 is 14.6 Å². The molecule has 29 heavy (non-hydrogen) atoms. The smallest absolute Gasteiger partial charge is 0.317 e. The molecule has 0 spiro atoms. The second kappa shape index (κ2) is 10.0. The van der Waals surface area contributed by atoms with Crippen LogP contribution in [-0.2, 0) is 6.54 Å². The van der Waals surface area contributed by atoms with Gasteiger partial charge in [0.2, 0.25) is 0 Å². The van der Waals surface area contributed by atoms with Gasteiger partial charge in [-0.1, -0.05) is 24.3 Å². The molecule has 0 saturated carbocycles. The Morgan fingerprint density at radius 1 is 1.07 bits per heavy atom. The van der Waals surface area contributed by atoms with E-state index >= 15 is 0 Å². The summed E-state index contributed by atoms with van der Waals surface area (Å²) in [5.74, 6) is 1.11. The van der Waals surface area contributed by atoms with Crippen LogP contribution in [-0.4, -0.2) is 74.4 Å². The van der Waals surface area contributed by atoms with Crippen LogP contribution < -0.4 is 15.0 Å². The molecular formula is C22H30N4O3. The summed E-state index contributed by atoms with van der Waals surface area (Å²) < 4.78 is 5.69. The number of aromatic hydroxyl groups is 1. The van der Waals surface area contributed by atoms with Crippen LogP contribution >= 0.6 is 0 Å². The number of likely N-dealkylation sites (N-methyl/N-ethyl adjacent to an activating group) is 1. The molecule has 0 aromatic heterocycles. The lowest BCUT2D eigenvalue weighted by Gasteiger charge is -2.36. The van der Waals surface area contributed by atoms with Crippen LogP contribution in [0, 0.1) is 0 Å². The number of hydrogen-bond donors (Lipinski definition) is 2. The molecule has 3 rings (SSSR count). The predicted molar refractivity (Wildman–Crippen MR) is 115 cm³/mol. The van der Waals surface area contributed by atoms with Crippen LogP contribution in [0.2, 0.25) is 0 Å². The van der Waals surface area contributed by atoms with Crippen molar-refractivity contribution in [3.05, 3.63) is 54.1 Å². The third kappa shape index (κ3) is 6.02. The molecule has 1 aliphatic rings. The van der Waals surface area contributed by atoms with Crippen molar-refractivity contribution in [3.8, 4) is 11.5 Å². The number of ether oxygens (including phenoxy) is 1. The summed E-state index contributed by atoms with van der Waals surface area (Å²) >= 11 is 0. The molecule has 1 heterocycles. The normalized spacial score (nSPS) is 14.2. The van der Waals surface area contributed by atoms with Gasteiger partial charge in [-0.25, -0.2) is 4.79 Å². The fraction of sp³-hybridized carbons (Fsp3) is 0.409. The minimum absolute atomic E-state index is 0.0618. The number of para-hydroxylation sites is 2. The Morgan fingerprint density at radius 3 is 2.41 bits per heavy atom. The van der Waals surface area contributed by atoms with Crippen LogP contribution in [0.5, 0.6) is 11.5 Å². The zero-order chi connectivity index (χ0) is 20.6. The monoisotopic (exact) mass is 398 g/mol. The number of nitrogens with one attached hydrogen (secondary N) is 1. The number of piperazine rings is 1. The third-order valence-corrected chi connectivity index (χ3v) is 4.96. The number of anilines is 1. The van der Waals surface area contributed by atoms with Crippen molar-refractivity contribution in [1.29, 1.82) is 0 Å². The van der Waals surface area contributed by atoms with E-state index in [0.29, 0.717) is 39.3 Å². The van der Waals surface area contributed by atoms with E-state index in [4.69, 9.17) is 4.74 Å². The number of rotatable bonds is 7. The highest BCUT2D eigenvalue weighted by molar-refractivity contribution is 5.74. The van der Waals surface area contributed by atoms with Crippen molar-refractivity contribution in [2.45, 2.75) is 6.54 Å². The molecule has 2 amide bonds. The van der Waals surface area contributed by atoms with Gasteiger partial charge < -0.3 is 29.9 Å². The van der Waals surface area contributed by atoms with E-state index in [1.807, 2.05) is 61.5 Å². The van der Waals surface area contributed by atoms with E-state index < -0.39 is 0 Å². The number of hydrogen-bond acceptors (Lipinski definition) is 5. The Hall–Kier alpha value is -2.93. The molecule has 2 N–H and O–H groups in total. The molecule has 0 bridgehead atoms. The SMILES string of the molecule is CN(C)CCOc1ccc(CNC(=O)N2CCN(c3ccccc3O)CC2)cc1. The zero-order valence-corrected chi connectivity index (χ0v) is 17.2. The minimum Gasteiger partial charge on any atom is -0.506 e. The molecule has 7 nitrogen and oxygen atoms in total. The zero-order valence-electron chi connectivity index (χ0n) is 17.2. The second-order valence-electron chi connectivity index (χ2n) is 7.42. The summed E-state index contributed by atoms with van der Waals surface area (Å²) in [5, 5.41) is 13.0. The first-order chi connectivity index (χ1) is 14.0. The first-order valence-electron chi connectivity index (χ1n) is 9.95. The summed E-state index contributed by atoms with van der Waals surface area (Å²) in [6, 6.07) is 15.1. The number of carbonyl (C=O) groups is 1.